The molecule has 0 saturated carbocycles. The number of nitrogens with zero attached hydrogens (tertiary/aromatic N) is 2. The van der Waals surface area contributed by atoms with Crippen LogP contribution in [0.15, 0.2) is 24.4 Å². The van der Waals surface area contributed by atoms with E-state index in [4.69, 9.17) is 0 Å². The molecule has 2 aromatic rings. The molecular weight excluding hydrogens is 249 g/mol. The topological polar surface area (TPSA) is 37.8 Å². The number of benzene rings is 1. The van der Waals surface area contributed by atoms with Gasteiger partial charge in [0.25, 0.3) is 0 Å². The van der Waals surface area contributed by atoms with E-state index in [0.29, 0.717) is 0 Å². The van der Waals surface area contributed by atoms with E-state index in [1.54, 1.807) is 18.3 Å². The highest BCUT2D eigenvalue weighted by atomic mass is 32.1. The van der Waals surface area contributed by atoms with Crippen LogP contribution in [0, 0.1) is 12.7 Å². The summed E-state index contributed by atoms with van der Waals surface area (Å²) in [5.74, 6) is -0.212. The number of hydrogen-bond donors (Lipinski definition) is 1. The van der Waals surface area contributed by atoms with Gasteiger partial charge >= 0.3 is 0 Å². The van der Waals surface area contributed by atoms with Gasteiger partial charge in [-0.1, -0.05) is 17.5 Å². The first-order chi connectivity index (χ1) is 8.72. The molecule has 1 aromatic carbocycles. The Kier molecular flexibility index (Phi) is 4.38. The van der Waals surface area contributed by atoms with Crippen LogP contribution in [0.1, 0.15) is 35.4 Å². The molecule has 5 heteroatoms. The summed E-state index contributed by atoms with van der Waals surface area (Å²) in [7, 11) is 0. The molecule has 1 unspecified atom stereocenters. The number of hydrogen-bond acceptors (Lipinski definition) is 4. The largest absolute Gasteiger partial charge is 0.305 e. The molecule has 0 fully saturated rings. The van der Waals surface area contributed by atoms with Gasteiger partial charge < -0.3 is 5.32 Å². The Morgan fingerprint density at radius 2 is 2.28 bits per heavy atom. The van der Waals surface area contributed by atoms with Gasteiger partial charge in [0.15, 0.2) is 0 Å². The molecule has 0 amide bonds. The molecule has 1 atom stereocenters. The zero-order valence-electron chi connectivity index (χ0n) is 10.5. The van der Waals surface area contributed by atoms with E-state index in [1.807, 2.05) is 6.92 Å². The van der Waals surface area contributed by atoms with Crippen LogP contribution in [0.2, 0.25) is 0 Å². The minimum Gasteiger partial charge on any atom is -0.305 e. The highest BCUT2D eigenvalue weighted by molar-refractivity contribution is 7.05. The Balaban J connectivity index is 2.36. The van der Waals surface area contributed by atoms with Gasteiger partial charge in [0.2, 0.25) is 0 Å². The van der Waals surface area contributed by atoms with Crippen LogP contribution in [0.5, 0.6) is 0 Å². The van der Waals surface area contributed by atoms with Gasteiger partial charge in [-0.15, -0.1) is 5.10 Å². The third-order valence-corrected chi connectivity index (χ3v) is 3.54. The van der Waals surface area contributed by atoms with Gasteiger partial charge in [-0.3, -0.25) is 0 Å². The lowest BCUT2D eigenvalue weighted by Gasteiger charge is -2.19. The molecule has 96 valence electrons. The smallest absolute Gasteiger partial charge is 0.123 e. The fourth-order valence-corrected chi connectivity index (χ4v) is 2.48. The molecule has 3 nitrogen and oxygen atoms in total. The van der Waals surface area contributed by atoms with Gasteiger partial charge in [-0.2, -0.15) is 0 Å². The Morgan fingerprint density at radius 3 is 2.94 bits per heavy atom. The van der Waals surface area contributed by atoms with E-state index in [2.05, 4.69) is 21.8 Å². The fraction of sp³-hybridized carbons (Fsp3) is 0.385. The number of halogens is 1. The van der Waals surface area contributed by atoms with Crippen molar-refractivity contribution in [2.24, 2.45) is 0 Å². The lowest BCUT2D eigenvalue weighted by atomic mass is 10.00. The van der Waals surface area contributed by atoms with Crippen molar-refractivity contribution in [2.75, 3.05) is 6.54 Å². The molecule has 0 spiro atoms. The lowest BCUT2D eigenvalue weighted by Crippen LogP contribution is -2.23. The lowest BCUT2D eigenvalue weighted by molar-refractivity contribution is 0.588. The molecule has 1 N–H and O–H groups in total. The Bertz CT molecular complexity index is 499. The molecule has 0 bridgehead atoms. The molecule has 2 rings (SSSR count). The van der Waals surface area contributed by atoms with Gasteiger partial charge in [-0.25, -0.2) is 4.39 Å². The number of aryl methyl sites for hydroxylation is 1. The molecule has 0 aliphatic carbocycles. The first-order valence-corrected chi connectivity index (χ1v) is 6.76. The summed E-state index contributed by atoms with van der Waals surface area (Å²) < 4.78 is 17.3. The maximum Gasteiger partial charge on any atom is 0.123 e. The van der Waals surface area contributed by atoms with Crippen molar-refractivity contribution in [1.82, 2.24) is 14.9 Å². The summed E-state index contributed by atoms with van der Waals surface area (Å²) in [5, 5.41) is 7.28. The predicted octanol–water partition coefficient (Wildman–Crippen LogP) is 3.07. The van der Waals surface area contributed by atoms with Crippen LogP contribution in [0.3, 0.4) is 0 Å². The quantitative estimate of drug-likeness (QED) is 0.902. The summed E-state index contributed by atoms with van der Waals surface area (Å²) >= 11 is 1.34. The maximum atomic E-state index is 13.4. The molecule has 0 radical (unpaired) electrons. The summed E-state index contributed by atoms with van der Waals surface area (Å²) in [5.41, 5.74) is 2.02. The normalized spacial score (nSPS) is 12.6. The molecule has 1 heterocycles. The third kappa shape index (κ3) is 2.91. The van der Waals surface area contributed by atoms with Crippen molar-refractivity contribution in [3.63, 3.8) is 0 Å². The van der Waals surface area contributed by atoms with Crippen molar-refractivity contribution in [2.45, 2.75) is 26.3 Å². The second kappa shape index (κ2) is 6.02. The van der Waals surface area contributed by atoms with E-state index in [-0.39, 0.29) is 11.9 Å². The zero-order chi connectivity index (χ0) is 13.0. The Labute approximate surface area is 110 Å². The van der Waals surface area contributed by atoms with Gasteiger partial charge in [0.1, 0.15) is 5.82 Å². The van der Waals surface area contributed by atoms with Crippen LogP contribution in [-0.4, -0.2) is 16.1 Å². The molecule has 0 saturated heterocycles. The van der Waals surface area contributed by atoms with Gasteiger partial charge in [-0.05, 0) is 54.7 Å². The molecule has 0 aliphatic heterocycles. The van der Waals surface area contributed by atoms with Crippen molar-refractivity contribution in [3.8, 4) is 0 Å². The van der Waals surface area contributed by atoms with Crippen molar-refractivity contribution in [1.29, 1.82) is 0 Å². The zero-order valence-corrected chi connectivity index (χ0v) is 11.3. The fourth-order valence-electron chi connectivity index (χ4n) is 1.88. The maximum absolute atomic E-state index is 13.4. The van der Waals surface area contributed by atoms with Crippen molar-refractivity contribution < 1.29 is 4.39 Å². The summed E-state index contributed by atoms with van der Waals surface area (Å²) in [6.07, 6.45) is 2.76. The van der Waals surface area contributed by atoms with Crippen LogP contribution in [0.4, 0.5) is 4.39 Å². The summed E-state index contributed by atoms with van der Waals surface area (Å²) in [4.78, 5) is 1.01. The van der Waals surface area contributed by atoms with E-state index in [0.717, 1.165) is 29.0 Å². The second-order valence-corrected chi connectivity index (χ2v) is 5.03. The number of nitrogens with one attached hydrogen (secondary N) is 1. The van der Waals surface area contributed by atoms with Crippen molar-refractivity contribution in [3.05, 3.63) is 46.2 Å². The first-order valence-electron chi connectivity index (χ1n) is 5.99. The molecule has 18 heavy (non-hydrogen) atoms. The summed E-state index contributed by atoms with van der Waals surface area (Å²) in [6, 6.07) is 4.85. The monoisotopic (exact) mass is 265 g/mol. The third-order valence-electron chi connectivity index (χ3n) is 2.81. The standard InChI is InChI=1S/C13H16FN3S/c1-3-6-15-13(12-8-16-17-18-12)11-7-10(14)5-4-9(11)2/h4-5,7-8,13,15H,3,6H2,1-2H3. The predicted molar refractivity (Wildman–Crippen MR) is 71.2 cm³/mol. The Morgan fingerprint density at radius 1 is 1.44 bits per heavy atom. The van der Waals surface area contributed by atoms with Crippen LogP contribution in [-0.2, 0) is 0 Å². The average Bonchev–Trinajstić information content (AvgIpc) is 2.88. The molecule has 0 aliphatic rings. The second-order valence-electron chi connectivity index (χ2n) is 4.21. The van der Waals surface area contributed by atoms with Crippen molar-refractivity contribution >= 4 is 11.5 Å². The first kappa shape index (κ1) is 13.1. The van der Waals surface area contributed by atoms with E-state index < -0.39 is 0 Å². The minimum absolute atomic E-state index is 0.0272. The van der Waals surface area contributed by atoms with E-state index in [1.165, 1.54) is 17.6 Å². The SMILES string of the molecule is CCCNC(c1cnns1)c1cc(F)ccc1C. The average molecular weight is 265 g/mol. The minimum atomic E-state index is -0.212. The molecule has 1 aromatic heterocycles. The van der Waals surface area contributed by atoms with Crippen LogP contribution < -0.4 is 5.32 Å². The van der Waals surface area contributed by atoms with Gasteiger partial charge in [0.05, 0.1) is 17.1 Å². The highest BCUT2D eigenvalue weighted by Crippen LogP contribution is 2.27. The van der Waals surface area contributed by atoms with Crippen LogP contribution in [0.25, 0.3) is 0 Å². The molecular formula is C13H16FN3S. The number of aromatic nitrogens is 2. The van der Waals surface area contributed by atoms with Gasteiger partial charge in [0, 0.05) is 0 Å². The summed E-state index contributed by atoms with van der Waals surface area (Å²) in [6.45, 7) is 4.97. The Hall–Kier alpha value is -1.33. The van der Waals surface area contributed by atoms with E-state index >= 15 is 0 Å². The number of rotatable bonds is 5. The van der Waals surface area contributed by atoms with Crippen LogP contribution >= 0.6 is 11.5 Å². The van der Waals surface area contributed by atoms with E-state index in [9.17, 15) is 4.39 Å². The highest BCUT2D eigenvalue weighted by Gasteiger charge is 2.18.